The molecule has 2 saturated heterocycles. The van der Waals surface area contributed by atoms with Crippen LogP contribution in [0.5, 0.6) is 0 Å². The number of carbonyl (C=O) groups is 1. The van der Waals surface area contributed by atoms with Crippen LogP contribution in [0.15, 0.2) is 41.2 Å². The summed E-state index contributed by atoms with van der Waals surface area (Å²) in [6.45, 7) is 6.17. The molecule has 1 amide bonds. The van der Waals surface area contributed by atoms with Crippen LogP contribution in [0.4, 0.5) is 0 Å². The van der Waals surface area contributed by atoms with E-state index in [1.54, 1.807) is 0 Å². The van der Waals surface area contributed by atoms with Crippen LogP contribution in [0.25, 0.3) is 0 Å². The molecule has 5 atom stereocenters. The lowest BCUT2D eigenvalue weighted by atomic mass is 9.64. The van der Waals surface area contributed by atoms with Gasteiger partial charge in [0.05, 0.1) is 0 Å². The quantitative estimate of drug-likeness (QED) is 0.742. The van der Waals surface area contributed by atoms with Crippen LogP contribution in [0.2, 0.25) is 0 Å². The van der Waals surface area contributed by atoms with Crippen molar-refractivity contribution in [3.8, 4) is 0 Å². The first kappa shape index (κ1) is 21.4. The number of amides is 1. The lowest BCUT2D eigenvalue weighted by Crippen LogP contribution is -2.59. The number of aromatic nitrogens is 2. The summed E-state index contributed by atoms with van der Waals surface area (Å²) in [5.41, 5.74) is 2.59. The lowest BCUT2D eigenvalue weighted by molar-refractivity contribution is -0.136. The van der Waals surface area contributed by atoms with Gasteiger partial charge in [0.2, 0.25) is 5.91 Å². The molecule has 32 heavy (non-hydrogen) atoms. The van der Waals surface area contributed by atoms with E-state index in [0.717, 1.165) is 31.4 Å². The molecule has 6 heteroatoms. The number of hydrogen-bond donors (Lipinski definition) is 0. The van der Waals surface area contributed by atoms with Crippen molar-refractivity contribution in [2.24, 2.45) is 5.41 Å². The van der Waals surface area contributed by atoms with Crippen molar-refractivity contribution in [3.05, 3.63) is 63.8 Å². The van der Waals surface area contributed by atoms with Crippen molar-refractivity contribution in [1.82, 2.24) is 19.4 Å². The van der Waals surface area contributed by atoms with E-state index >= 15 is 0 Å². The maximum Gasteiger partial charge on any atom is 0.348 e. The van der Waals surface area contributed by atoms with Gasteiger partial charge < -0.3 is 4.90 Å². The van der Waals surface area contributed by atoms with Gasteiger partial charge in [-0.1, -0.05) is 37.3 Å². The number of rotatable bonds is 4. The molecule has 2 aliphatic heterocycles. The molecule has 6 nitrogen and oxygen atoms in total. The zero-order valence-corrected chi connectivity index (χ0v) is 19.6. The third-order valence-corrected chi connectivity index (χ3v) is 8.49. The number of aryl methyl sites for hydroxylation is 2. The molecular formula is C26H34N4O2. The summed E-state index contributed by atoms with van der Waals surface area (Å²) in [6, 6.07) is 13.7. The molecule has 1 aromatic heterocycles. The molecule has 1 aromatic carbocycles. The van der Waals surface area contributed by atoms with Gasteiger partial charge in [-0.3, -0.25) is 14.3 Å². The van der Waals surface area contributed by atoms with Gasteiger partial charge in [0.25, 0.3) is 0 Å². The van der Waals surface area contributed by atoms with Gasteiger partial charge >= 0.3 is 5.69 Å². The fraction of sp³-hybridized carbons (Fsp3) is 0.577. The van der Waals surface area contributed by atoms with Crippen LogP contribution in [0, 0.1) is 19.3 Å². The van der Waals surface area contributed by atoms with Crippen molar-refractivity contribution in [1.29, 1.82) is 0 Å². The van der Waals surface area contributed by atoms with Crippen LogP contribution >= 0.6 is 0 Å². The fourth-order valence-electron chi connectivity index (χ4n) is 7.07. The minimum Gasteiger partial charge on any atom is -0.333 e. The highest BCUT2D eigenvalue weighted by atomic mass is 16.2. The number of carbonyl (C=O) groups excluding carboxylic acids is 1. The van der Waals surface area contributed by atoms with E-state index < -0.39 is 0 Å². The summed E-state index contributed by atoms with van der Waals surface area (Å²) in [5.74, 6) is 0.0635. The van der Waals surface area contributed by atoms with Crippen LogP contribution in [-0.4, -0.2) is 56.5 Å². The van der Waals surface area contributed by atoms with Gasteiger partial charge in [0, 0.05) is 41.0 Å². The molecule has 1 aliphatic carbocycles. The number of likely N-dealkylation sites (N-methyl/N-ethyl adjacent to an activating group) is 1. The first-order valence-corrected chi connectivity index (χ1v) is 11.9. The first-order chi connectivity index (χ1) is 15.3. The normalized spacial score (nSPS) is 31.7. The number of nitrogens with zero attached hydrogens (tertiary/aromatic N) is 4. The summed E-state index contributed by atoms with van der Waals surface area (Å²) < 4.78 is 1.54. The van der Waals surface area contributed by atoms with E-state index in [0.29, 0.717) is 11.7 Å². The van der Waals surface area contributed by atoms with Gasteiger partial charge in [0.15, 0.2) is 0 Å². The third kappa shape index (κ3) is 3.31. The third-order valence-electron chi connectivity index (χ3n) is 8.49. The molecule has 0 radical (unpaired) electrons. The number of hydrogen-bond acceptors (Lipinski definition) is 4. The van der Waals surface area contributed by atoms with E-state index in [-0.39, 0.29) is 41.7 Å². The SMILES string of the molecule is Cc1cc(C)n(CC(=O)N2[C@H]3CCC[C@H]4N(C)[C@H](Cc5ccccc5)[C@@H]2C[C@@]34C)c(=O)n1. The molecule has 0 spiro atoms. The van der Waals surface area contributed by atoms with E-state index in [2.05, 4.69) is 59.1 Å². The second-order valence-electron chi connectivity index (χ2n) is 10.4. The zero-order valence-electron chi connectivity index (χ0n) is 19.6. The Morgan fingerprint density at radius 1 is 1.16 bits per heavy atom. The lowest BCUT2D eigenvalue weighted by Gasteiger charge is -2.51. The van der Waals surface area contributed by atoms with Gasteiger partial charge in [-0.25, -0.2) is 4.79 Å². The molecule has 0 unspecified atom stereocenters. The van der Waals surface area contributed by atoms with Crippen molar-refractivity contribution in [3.63, 3.8) is 0 Å². The number of piperidine rings is 1. The van der Waals surface area contributed by atoms with Crippen LogP contribution in [0.3, 0.4) is 0 Å². The predicted octanol–water partition coefficient (Wildman–Crippen LogP) is 2.95. The van der Waals surface area contributed by atoms with Crippen LogP contribution in [0.1, 0.15) is 49.6 Å². The zero-order chi connectivity index (χ0) is 22.6. The molecule has 170 valence electrons. The second kappa shape index (κ2) is 7.84. The minimum absolute atomic E-state index is 0.0635. The minimum atomic E-state index is -0.330. The topological polar surface area (TPSA) is 58.4 Å². The fourth-order valence-corrected chi connectivity index (χ4v) is 7.07. The van der Waals surface area contributed by atoms with Gasteiger partial charge in [-0.2, -0.15) is 4.98 Å². The Bertz CT molecular complexity index is 1080. The van der Waals surface area contributed by atoms with Gasteiger partial charge in [0.1, 0.15) is 6.54 Å². The Morgan fingerprint density at radius 3 is 2.59 bits per heavy atom. The average molecular weight is 435 g/mol. The number of benzene rings is 1. The van der Waals surface area contributed by atoms with Crippen molar-refractivity contribution in [2.45, 2.75) is 83.6 Å². The Kier molecular flexibility index (Phi) is 5.24. The monoisotopic (exact) mass is 434 g/mol. The first-order valence-electron chi connectivity index (χ1n) is 11.9. The molecule has 2 bridgehead atoms. The second-order valence-corrected chi connectivity index (χ2v) is 10.4. The molecule has 0 N–H and O–H groups in total. The highest BCUT2D eigenvalue weighted by Gasteiger charge is 2.62. The molecule has 2 aromatic rings. The Hall–Kier alpha value is -2.47. The molecular weight excluding hydrogens is 400 g/mol. The van der Waals surface area contributed by atoms with E-state index in [1.165, 1.54) is 16.6 Å². The standard InChI is InChI=1S/C26H34N4O2/c1-17-13-18(2)29(25(32)27-17)16-24(31)30-21-15-26(3)22(11-8-12-23(26)30)28(4)20(21)14-19-9-6-5-7-10-19/h5-7,9-10,13,20-23H,8,11-12,14-16H2,1-4H3/t20-,21+,22-,23+,26-/m1/s1. The molecule has 1 saturated carbocycles. The van der Waals surface area contributed by atoms with Gasteiger partial charge in [-0.15, -0.1) is 0 Å². The van der Waals surface area contributed by atoms with E-state index in [9.17, 15) is 9.59 Å². The molecule has 3 heterocycles. The summed E-state index contributed by atoms with van der Waals surface area (Å²) in [5, 5.41) is 0. The maximum absolute atomic E-state index is 13.8. The molecule has 5 rings (SSSR count). The Labute approximate surface area is 190 Å². The number of fused-ring (bicyclic) bond motifs is 1. The number of likely N-dealkylation sites (tertiary alicyclic amines) is 2. The van der Waals surface area contributed by atoms with Crippen molar-refractivity contribution < 1.29 is 4.79 Å². The summed E-state index contributed by atoms with van der Waals surface area (Å²) in [4.78, 5) is 35.2. The van der Waals surface area contributed by atoms with Crippen LogP contribution < -0.4 is 5.69 Å². The van der Waals surface area contributed by atoms with Crippen molar-refractivity contribution >= 4 is 5.91 Å². The average Bonchev–Trinajstić information content (AvgIpc) is 3.06. The largest absolute Gasteiger partial charge is 0.348 e. The van der Waals surface area contributed by atoms with Crippen molar-refractivity contribution in [2.75, 3.05) is 7.05 Å². The predicted molar refractivity (Wildman–Crippen MR) is 124 cm³/mol. The highest BCUT2D eigenvalue weighted by Crippen LogP contribution is 2.56. The smallest absolute Gasteiger partial charge is 0.333 e. The molecule has 3 fully saturated rings. The summed E-state index contributed by atoms with van der Waals surface area (Å²) in [7, 11) is 2.26. The van der Waals surface area contributed by atoms with Crippen LogP contribution in [-0.2, 0) is 17.8 Å². The van der Waals surface area contributed by atoms with E-state index in [1.807, 2.05) is 19.9 Å². The molecule has 3 aliphatic rings. The van der Waals surface area contributed by atoms with E-state index in [4.69, 9.17) is 0 Å². The summed E-state index contributed by atoms with van der Waals surface area (Å²) >= 11 is 0. The summed E-state index contributed by atoms with van der Waals surface area (Å²) in [6.07, 6.45) is 5.39. The van der Waals surface area contributed by atoms with Gasteiger partial charge in [-0.05, 0) is 64.6 Å². The maximum atomic E-state index is 13.8. The highest BCUT2D eigenvalue weighted by molar-refractivity contribution is 5.77. The Balaban J connectivity index is 1.50. The Morgan fingerprint density at radius 2 is 1.88 bits per heavy atom.